The molecule has 2 aromatic carbocycles. The molecule has 5 nitrogen and oxygen atoms in total. The zero-order valence-corrected chi connectivity index (χ0v) is 14.6. The molecule has 0 fully saturated rings. The van der Waals surface area contributed by atoms with Crippen molar-refractivity contribution in [2.75, 3.05) is 5.43 Å². The largest absolute Gasteiger partial charge is 0.278 e. The van der Waals surface area contributed by atoms with Gasteiger partial charge in [-0.1, -0.05) is 53.2 Å². The van der Waals surface area contributed by atoms with E-state index >= 15 is 0 Å². The third kappa shape index (κ3) is 5.02. The van der Waals surface area contributed by atoms with Crippen molar-refractivity contribution in [3.8, 4) is 0 Å². The van der Waals surface area contributed by atoms with E-state index in [-0.39, 0.29) is 0 Å². The lowest BCUT2D eigenvalue weighted by molar-refractivity contribution is 0.649. The van der Waals surface area contributed by atoms with Crippen LogP contribution >= 0.6 is 11.6 Å². The Bertz CT molecular complexity index is 884. The van der Waals surface area contributed by atoms with Crippen LogP contribution in [0.2, 0.25) is 5.02 Å². The van der Waals surface area contributed by atoms with Crippen LogP contribution in [0.5, 0.6) is 0 Å². The average Bonchev–Trinajstić information content (AvgIpc) is 3.06. The molecule has 0 radical (unpaired) electrons. The molecule has 1 N–H and O–H groups in total. The van der Waals surface area contributed by atoms with Crippen LogP contribution in [0.1, 0.15) is 16.8 Å². The zero-order valence-electron chi connectivity index (χ0n) is 13.8. The van der Waals surface area contributed by atoms with E-state index in [1.165, 1.54) is 5.56 Å². The molecule has 0 saturated heterocycles. The van der Waals surface area contributed by atoms with E-state index in [1.54, 1.807) is 17.0 Å². The number of rotatable bonds is 6. The topological polar surface area (TPSA) is 55.1 Å². The van der Waals surface area contributed by atoms with Crippen molar-refractivity contribution >= 4 is 29.6 Å². The highest BCUT2D eigenvalue weighted by molar-refractivity contribution is 6.31. The third-order valence-electron chi connectivity index (χ3n) is 3.54. The van der Waals surface area contributed by atoms with E-state index < -0.39 is 0 Å². The van der Waals surface area contributed by atoms with Crippen molar-refractivity contribution in [2.24, 2.45) is 5.10 Å². The molecule has 0 spiro atoms. The molecule has 0 unspecified atom stereocenters. The Balaban J connectivity index is 1.53. The molecule has 0 atom stereocenters. The molecule has 25 heavy (non-hydrogen) atoms. The maximum atomic E-state index is 6.07. The second kappa shape index (κ2) is 8.26. The van der Waals surface area contributed by atoms with Gasteiger partial charge in [-0.15, -0.1) is 5.10 Å². The van der Waals surface area contributed by atoms with E-state index in [4.69, 9.17) is 11.6 Å². The maximum Gasteiger partial charge on any atom is 0.105 e. The summed E-state index contributed by atoms with van der Waals surface area (Å²) >= 11 is 6.07. The fourth-order valence-electron chi connectivity index (χ4n) is 2.20. The van der Waals surface area contributed by atoms with Gasteiger partial charge in [-0.2, -0.15) is 5.10 Å². The number of allylic oxidation sites excluding steroid dienone is 1. The summed E-state index contributed by atoms with van der Waals surface area (Å²) in [6, 6.07) is 15.9. The first-order chi connectivity index (χ1) is 12.2. The van der Waals surface area contributed by atoms with Crippen molar-refractivity contribution in [1.29, 1.82) is 0 Å². The van der Waals surface area contributed by atoms with E-state index in [9.17, 15) is 0 Å². The molecule has 6 heteroatoms. The molecule has 0 aliphatic carbocycles. The lowest BCUT2D eigenvalue weighted by Gasteiger charge is -2.02. The third-order valence-corrected chi connectivity index (χ3v) is 3.94. The van der Waals surface area contributed by atoms with Crippen molar-refractivity contribution in [3.63, 3.8) is 0 Å². The van der Waals surface area contributed by atoms with Gasteiger partial charge < -0.3 is 0 Å². The minimum atomic E-state index is 0.700. The van der Waals surface area contributed by atoms with Crippen molar-refractivity contribution < 1.29 is 0 Å². The zero-order chi connectivity index (χ0) is 17.5. The number of benzene rings is 2. The summed E-state index contributed by atoms with van der Waals surface area (Å²) < 4.78 is 1.80. The minimum absolute atomic E-state index is 0.700. The maximum absolute atomic E-state index is 6.07. The first-order valence-corrected chi connectivity index (χ1v) is 8.24. The Morgan fingerprint density at radius 1 is 1.20 bits per heavy atom. The van der Waals surface area contributed by atoms with Gasteiger partial charge in [0.1, 0.15) is 5.69 Å². The van der Waals surface area contributed by atoms with Crippen molar-refractivity contribution in [1.82, 2.24) is 15.0 Å². The van der Waals surface area contributed by atoms with Gasteiger partial charge in [0.25, 0.3) is 0 Å². The summed E-state index contributed by atoms with van der Waals surface area (Å²) in [5.41, 5.74) is 6.77. The number of aryl methyl sites for hydroxylation is 1. The quantitative estimate of drug-likeness (QED) is 0.529. The molecule has 3 rings (SSSR count). The standard InChI is InChI=1S/C19H18ClN5/c1-15-9-10-17(12-19(15)20)22-21-11-5-8-18-14-25(24-23-18)13-16-6-3-2-4-7-16/h2-12,14,22H,13H2,1H3/b8-5+,21-11+. The molecule has 126 valence electrons. The Labute approximate surface area is 151 Å². The summed E-state index contributed by atoms with van der Waals surface area (Å²) in [6.07, 6.45) is 7.20. The number of hydrogen-bond acceptors (Lipinski definition) is 4. The van der Waals surface area contributed by atoms with Crippen molar-refractivity contribution in [3.05, 3.63) is 82.6 Å². The molecule has 0 aliphatic heterocycles. The van der Waals surface area contributed by atoms with Crippen LogP contribution in [-0.2, 0) is 6.54 Å². The first-order valence-electron chi connectivity index (χ1n) is 7.87. The Morgan fingerprint density at radius 3 is 2.84 bits per heavy atom. The van der Waals surface area contributed by atoms with Gasteiger partial charge in [0.15, 0.2) is 0 Å². The highest BCUT2D eigenvalue weighted by Crippen LogP contribution is 2.19. The first kappa shape index (κ1) is 16.9. The summed E-state index contributed by atoms with van der Waals surface area (Å²) in [7, 11) is 0. The molecule has 0 amide bonds. The smallest absolute Gasteiger partial charge is 0.105 e. The number of hydrogen-bond donors (Lipinski definition) is 1. The molecule has 0 bridgehead atoms. The van der Waals surface area contributed by atoms with E-state index in [0.29, 0.717) is 11.6 Å². The van der Waals surface area contributed by atoms with Gasteiger partial charge in [0.2, 0.25) is 0 Å². The Kier molecular flexibility index (Phi) is 5.59. The monoisotopic (exact) mass is 351 g/mol. The molecule has 1 heterocycles. The SMILES string of the molecule is Cc1ccc(N/N=C/C=C/c2cn(Cc3ccccc3)nn2)cc1Cl. The lowest BCUT2D eigenvalue weighted by atomic mass is 10.2. The van der Waals surface area contributed by atoms with Crippen LogP contribution in [0.25, 0.3) is 6.08 Å². The van der Waals surface area contributed by atoms with E-state index in [1.807, 2.05) is 55.6 Å². The Hall–Kier alpha value is -2.92. The van der Waals surface area contributed by atoms with Gasteiger partial charge in [0, 0.05) is 11.2 Å². The lowest BCUT2D eigenvalue weighted by Crippen LogP contribution is -1.99. The molecular formula is C19H18ClN5. The summed E-state index contributed by atoms with van der Waals surface area (Å²) in [5, 5.41) is 13.1. The van der Waals surface area contributed by atoms with Gasteiger partial charge in [-0.3, -0.25) is 5.43 Å². The van der Waals surface area contributed by atoms with Gasteiger partial charge in [-0.05, 0) is 42.3 Å². The summed E-state index contributed by atoms with van der Waals surface area (Å²) in [4.78, 5) is 0. The number of nitrogens with one attached hydrogen (secondary N) is 1. The predicted molar refractivity (Wildman–Crippen MR) is 103 cm³/mol. The number of halogens is 1. The summed E-state index contributed by atoms with van der Waals surface area (Å²) in [6.45, 7) is 2.66. The van der Waals surface area contributed by atoms with Crippen molar-refractivity contribution in [2.45, 2.75) is 13.5 Å². The summed E-state index contributed by atoms with van der Waals surface area (Å²) in [5.74, 6) is 0. The molecule has 0 saturated carbocycles. The van der Waals surface area contributed by atoms with E-state index in [2.05, 4.69) is 33.0 Å². The Morgan fingerprint density at radius 2 is 2.04 bits per heavy atom. The van der Waals surface area contributed by atoms with Crippen LogP contribution in [0.15, 0.2) is 65.9 Å². The highest BCUT2D eigenvalue weighted by Gasteiger charge is 1.98. The predicted octanol–water partition coefficient (Wildman–Crippen LogP) is 4.40. The van der Waals surface area contributed by atoms with Gasteiger partial charge in [-0.25, -0.2) is 4.68 Å². The van der Waals surface area contributed by atoms with Crippen LogP contribution in [-0.4, -0.2) is 21.2 Å². The van der Waals surface area contributed by atoms with Crippen LogP contribution in [0.4, 0.5) is 5.69 Å². The fourth-order valence-corrected chi connectivity index (χ4v) is 2.38. The van der Waals surface area contributed by atoms with Crippen LogP contribution in [0.3, 0.4) is 0 Å². The number of hydrazone groups is 1. The highest BCUT2D eigenvalue weighted by atomic mass is 35.5. The fraction of sp³-hybridized carbons (Fsp3) is 0.105. The molecule has 3 aromatic rings. The second-order valence-electron chi connectivity index (χ2n) is 5.54. The molecule has 0 aliphatic rings. The number of aromatic nitrogens is 3. The minimum Gasteiger partial charge on any atom is -0.278 e. The van der Waals surface area contributed by atoms with Gasteiger partial charge in [0.05, 0.1) is 18.4 Å². The number of nitrogens with zero attached hydrogens (tertiary/aromatic N) is 4. The van der Waals surface area contributed by atoms with E-state index in [0.717, 1.165) is 16.9 Å². The van der Waals surface area contributed by atoms with Crippen LogP contribution in [0, 0.1) is 6.92 Å². The second-order valence-corrected chi connectivity index (χ2v) is 5.95. The van der Waals surface area contributed by atoms with Crippen LogP contribution < -0.4 is 5.43 Å². The van der Waals surface area contributed by atoms with Gasteiger partial charge >= 0.3 is 0 Å². The molecular weight excluding hydrogens is 334 g/mol. The average molecular weight is 352 g/mol. The number of anilines is 1. The molecule has 1 aromatic heterocycles. The normalized spacial score (nSPS) is 11.4.